The Bertz CT molecular complexity index is 1210. The Morgan fingerprint density at radius 2 is 1.65 bits per heavy atom. The summed E-state index contributed by atoms with van der Waals surface area (Å²) in [5.74, 6) is 1.13. The molecule has 31 heavy (non-hydrogen) atoms. The molecule has 0 saturated carbocycles. The molecule has 0 amide bonds. The van der Waals surface area contributed by atoms with Crippen LogP contribution in [0.2, 0.25) is 0 Å². The molecule has 158 valence electrons. The zero-order chi connectivity index (χ0) is 21.6. The third kappa shape index (κ3) is 4.64. The highest BCUT2D eigenvalue weighted by Gasteiger charge is 2.19. The Kier molecular flexibility index (Phi) is 6.37. The second-order valence-corrected chi connectivity index (χ2v) is 7.73. The molecule has 1 unspecified atom stereocenters. The van der Waals surface area contributed by atoms with Gasteiger partial charge in [-0.15, -0.1) is 0 Å². The fourth-order valence-electron chi connectivity index (χ4n) is 4.19. The van der Waals surface area contributed by atoms with Crippen LogP contribution in [0.4, 0.5) is 0 Å². The van der Waals surface area contributed by atoms with Crippen molar-refractivity contribution in [2.24, 2.45) is 0 Å². The number of rotatable bonds is 8. The van der Waals surface area contributed by atoms with Gasteiger partial charge in [-0.05, 0) is 60.9 Å². The number of para-hydroxylation sites is 2. The molecule has 0 aliphatic heterocycles. The smallest absolute Gasteiger partial charge is 0.343 e. The number of benzene rings is 3. The molecular formula is C27H26O4. The largest absolute Gasteiger partial charge is 0.507 e. The van der Waals surface area contributed by atoms with Gasteiger partial charge in [0.1, 0.15) is 17.1 Å². The zero-order valence-electron chi connectivity index (χ0n) is 17.6. The molecule has 0 spiro atoms. The molecule has 4 aromatic rings. The average Bonchev–Trinajstić information content (AvgIpc) is 2.81. The summed E-state index contributed by atoms with van der Waals surface area (Å²) < 4.78 is 11.0. The minimum atomic E-state index is -0.465. The topological polar surface area (TPSA) is 59.7 Å². The number of aromatic hydroxyl groups is 1. The van der Waals surface area contributed by atoms with E-state index >= 15 is 0 Å². The summed E-state index contributed by atoms with van der Waals surface area (Å²) in [5.41, 5.74) is 2.70. The molecule has 4 heteroatoms. The fraction of sp³-hybridized carbons (Fsp3) is 0.222. The predicted octanol–water partition coefficient (Wildman–Crippen LogP) is 5.86. The Balaban J connectivity index is 1.57. The van der Waals surface area contributed by atoms with Crippen LogP contribution in [0.1, 0.15) is 35.4 Å². The van der Waals surface area contributed by atoms with E-state index in [-0.39, 0.29) is 11.7 Å². The van der Waals surface area contributed by atoms with E-state index in [1.807, 2.05) is 42.5 Å². The van der Waals surface area contributed by atoms with E-state index in [1.165, 1.54) is 5.56 Å². The molecule has 1 aromatic heterocycles. The van der Waals surface area contributed by atoms with Gasteiger partial charge in [0.2, 0.25) is 0 Å². The van der Waals surface area contributed by atoms with Crippen LogP contribution in [0.5, 0.6) is 11.5 Å². The predicted molar refractivity (Wildman–Crippen MR) is 123 cm³/mol. The van der Waals surface area contributed by atoms with E-state index in [1.54, 1.807) is 25.3 Å². The standard InChI is InChI=1S/C27H26O4/c1-30-24-16-7-5-13-21(24)20(18-19-10-3-2-4-11-19)12-9-15-23-26(28)22-14-6-8-17-25(22)31-27(23)29/h2-8,10-11,13-14,16-17,20,28H,9,12,15,18H2,1H3. The van der Waals surface area contributed by atoms with Gasteiger partial charge in [-0.1, -0.05) is 60.7 Å². The maximum Gasteiger partial charge on any atom is 0.343 e. The molecule has 1 N–H and O–H groups in total. The van der Waals surface area contributed by atoms with Crippen molar-refractivity contribution in [3.63, 3.8) is 0 Å². The molecule has 3 aromatic carbocycles. The lowest BCUT2D eigenvalue weighted by atomic mass is 9.86. The first-order valence-electron chi connectivity index (χ1n) is 10.6. The van der Waals surface area contributed by atoms with Crippen molar-refractivity contribution in [3.8, 4) is 11.5 Å². The fourth-order valence-corrected chi connectivity index (χ4v) is 4.19. The van der Waals surface area contributed by atoms with Gasteiger partial charge in [0.05, 0.1) is 18.1 Å². The third-order valence-corrected chi connectivity index (χ3v) is 5.76. The van der Waals surface area contributed by atoms with Gasteiger partial charge >= 0.3 is 5.63 Å². The SMILES string of the molecule is COc1ccccc1C(CCCc1c(O)c2ccccc2oc1=O)Cc1ccccc1. The summed E-state index contributed by atoms with van der Waals surface area (Å²) in [6.07, 6.45) is 2.92. The summed E-state index contributed by atoms with van der Waals surface area (Å²) in [7, 11) is 1.69. The van der Waals surface area contributed by atoms with Gasteiger partial charge in [0, 0.05) is 0 Å². The molecule has 0 fully saturated rings. The van der Waals surface area contributed by atoms with Gasteiger partial charge in [-0.2, -0.15) is 0 Å². The van der Waals surface area contributed by atoms with Crippen molar-refractivity contribution in [1.82, 2.24) is 0 Å². The molecule has 4 nitrogen and oxygen atoms in total. The molecule has 1 heterocycles. The van der Waals surface area contributed by atoms with E-state index < -0.39 is 5.63 Å². The lowest BCUT2D eigenvalue weighted by Crippen LogP contribution is -2.10. The number of fused-ring (bicyclic) bond motifs is 1. The second-order valence-electron chi connectivity index (χ2n) is 7.73. The summed E-state index contributed by atoms with van der Waals surface area (Å²) in [5, 5.41) is 11.2. The molecule has 4 rings (SSSR count). The van der Waals surface area contributed by atoms with Crippen LogP contribution in [0, 0.1) is 0 Å². The van der Waals surface area contributed by atoms with E-state index in [4.69, 9.17) is 9.15 Å². The third-order valence-electron chi connectivity index (χ3n) is 5.76. The number of hydrogen-bond acceptors (Lipinski definition) is 4. The Hall–Kier alpha value is -3.53. The average molecular weight is 415 g/mol. The highest BCUT2D eigenvalue weighted by Crippen LogP contribution is 2.34. The lowest BCUT2D eigenvalue weighted by molar-refractivity contribution is 0.402. The number of ether oxygens (including phenoxy) is 1. The van der Waals surface area contributed by atoms with Crippen molar-refractivity contribution in [2.45, 2.75) is 31.6 Å². The minimum Gasteiger partial charge on any atom is -0.507 e. The van der Waals surface area contributed by atoms with E-state index in [2.05, 4.69) is 18.2 Å². The van der Waals surface area contributed by atoms with Gasteiger partial charge in [0.25, 0.3) is 0 Å². The monoisotopic (exact) mass is 414 g/mol. The number of hydrogen-bond donors (Lipinski definition) is 1. The summed E-state index contributed by atoms with van der Waals surface area (Å²) in [6, 6.07) is 25.5. The maximum atomic E-state index is 12.4. The first-order valence-corrected chi connectivity index (χ1v) is 10.6. The minimum absolute atomic E-state index is 0.0313. The maximum absolute atomic E-state index is 12.4. The van der Waals surface area contributed by atoms with Crippen LogP contribution in [0.3, 0.4) is 0 Å². The summed E-state index contributed by atoms with van der Waals surface area (Å²) >= 11 is 0. The molecule has 0 aliphatic rings. The van der Waals surface area contributed by atoms with Crippen LogP contribution in [-0.4, -0.2) is 12.2 Å². The van der Waals surface area contributed by atoms with E-state index in [0.717, 1.165) is 30.6 Å². The Morgan fingerprint density at radius 3 is 2.45 bits per heavy atom. The highest BCUT2D eigenvalue weighted by molar-refractivity contribution is 5.83. The number of methoxy groups -OCH3 is 1. The molecule has 0 bridgehead atoms. The van der Waals surface area contributed by atoms with Crippen LogP contribution < -0.4 is 10.4 Å². The van der Waals surface area contributed by atoms with Gasteiger partial charge in [-0.25, -0.2) is 4.79 Å². The van der Waals surface area contributed by atoms with Crippen LogP contribution in [-0.2, 0) is 12.8 Å². The normalized spacial score (nSPS) is 12.0. The van der Waals surface area contributed by atoms with Crippen LogP contribution in [0.25, 0.3) is 11.0 Å². The first kappa shape index (κ1) is 20.7. The van der Waals surface area contributed by atoms with Gasteiger partial charge in [-0.3, -0.25) is 0 Å². The molecule has 1 atom stereocenters. The summed E-state index contributed by atoms with van der Waals surface area (Å²) in [6.45, 7) is 0. The molecular weight excluding hydrogens is 388 g/mol. The van der Waals surface area contributed by atoms with Gasteiger partial charge in [0.15, 0.2) is 0 Å². The lowest BCUT2D eigenvalue weighted by Gasteiger charge is -2.20. The van der Waals surface area contributed by atoms with Crippen molar-refractivity contribution < 1.29 is 14.3 Å². The molecule has 0 radical (unpaired) electrons. The van der Waals surface area contributed by atoms with Gasteiger partial charge < -0.3 is 14.3 Å². The first-order chi connectivity index (χ1) is 15.2. The van der Waals surface area contributed by atoms with Crippen LogP contribution >= 0.6 is 0 Å². The Labute approximate surface area is 181 Å². The van der Waals surface area contributed by atoms with Crippen molar-refractivity contribution in [1.29, 1.82) is 0 Å². The van der Waals surface area contributed by atoms with E-state index in [0.29, 0.717) is 23.0 Å². The van der Waals surface area contributed by atoms with Crippen LogP contribution in [0.15, 0.2) is 88.1 Å². The Morgan fingerprint density at radius 1 is 0.935 bits per heavy atom. The second kappa shape index (κ2) is 9.52. The van der Waals surface area contributed by atoms with Crippen molar-refractivity contribution in [2.75, 3.05) is 7.11 Å². The highest BCUT2D eigenvalue weighted by atomic mass is 16.5. The van der Waals surface area contributed by atoms with E-state index in [9.17, 15) is 9.90 Å². The summed E-state index contributed by atoms with van der Waals surface area (Å²) in [4.78, 5) is 12.4. The van der Waals surface area contributed by atoms with Crippen molar-refractivity contribution >= 4 is 11.0 Å². The zero-order valence-corrected chi connectivity index (χ0v) is 17.6. The van der Waals surface area contributed by atoms with Crippen molar-refractivity contribution in [3.05, 3.63) is 106 Å². The molecule has 0 aliphatic carbocycles. The molecule has 0 saturated heterocycles. The quantitative estimate of drug-likeness (QED) is 0.367.